The average molecular weight is 297 g/mol. The molecular weight excluding hydrogens is 278 g/mol. The molecule has 0 aliphatic rings. The molecule has 0 fully saturated rings. The molecule has 2 N–H and O–H groups in total. The van der Waals surface area contributed by atoms with Crippen LogP contribution >= 0.6 is 0 Å². The molecule has 0 saturated carbocycles. The summed E-state index contributed by atoms with van der Waals surface area (Å²) in [6.07, 6.45) is 1.51. The largest absolute Gasteiger partial charge is 0.481 e. The molecule has 114 valence electrons. The second-order valence-electron chi connectivity index (χ2n) is 5.21. The first-order valence-electron chi connectivity index (χ1n) is 7.24. The molecule has 4 nitrogen and oxygen atoms in total. The second kappa shape index (κ2) is 7.41. The highest BCUT2D eigenvalue weighted by atomic mass is 16.4. The summed E-state index contributed by atoms with van der Waals surface area (Å²) in [5.41, 5.74) is 3.39. The number of aryl methyl sites for hydroxylation is 2. The maximum atomic E-state index is 12.2. The molecule has 0 saturated heterocycles. The Bertz CT molecular complexity index is 662. The number of carbonyl (C=O) groups is 2. The van der Waals surface area contributed by atoms with Gasteiger partial charge in [0.2, 0.25) is 0 Å². The lowest BCUT2D eigenvalue weighted by molar-refractivity contribution is -0.137. The number of hydrogen-bond acceptors (Lipinski definition) is 2. The third kappa shape index (κ3) is 4.45. The highest BCUT2D eigenvalue weighted by Gasteiger charge is 2.08. The third-order valence-electron chi connectivity index (χ3n) is 3.46. The van der Waals surface area contributed by atoms with Gasteiger partial charge in [-0.3, -0.25) is 9.59 Å². The predicted octanol–water partition coefficient (Wildman–Crippen LogP) is 3.65. The van der Waals surface area contributed by atoms with Crippen LogP contribution in [0.25, 0.3) is 0 Å². The van der Waals surface area contributed by atoms with E-state index in [1.165, 1.54) is 0 Å². The Kier molecular flexibility index (Phi) is 5.31. The average Bonchev–Trinajstić information content (AvgIpc) is 2.49. The summed E-state index contributed by atoms with van der Waals surface area (Å²) < 4.78 is 0. The maximum absolute atomic E-state index is 12.2. The van der Waals surface area contributed by atoms with E-state index in [2.05, 4.69) is 5.32 Å². The number of aliphatic carboxylic acids is 1. The lowest BCUT2D eigenvalue weighted by Gasteiger charge is -2.08. The van der Waals surface area contributed by atoms with E-state index in [1.807, 2.05) is 49.4 Å². The summed E-state index contributed by atoms with van der Waals surface area (Å²) in [5.74, 6) is -0.904. The minimum Gasteiger partial charge on any atom is -0.481 e. The monoisotopic (exact) mass is 297 g/mol. The molecule has 0 aliphatic heterocycles. The molecule has 2 aromatic carbocycles. The number of rotatable bonds is 6. The van der Waals surface area contributed by atoms with E-state index in [0.717, 1.165) is 23.2 Å². The predicted molar refractivity (Wildman–Crippen MR) is 86.1 cm³/mol. The van der Waals surface area contributed by atoms with Crippen molar-refractivity contribution < 1.29 is 14.7 Å². The molecular formula is C18H19NO3. The van der Waals surface area contributed by atoms with Gasteiger partial charge in [-0.1, -0.05) is 30.3 Å². The van der Waals surface area contributed by atoms with Crippen molar-refractivity contribution in [2.45, 2.75) is 26.2 Å². The molecule has 0 heterocycles. The van der Waals surface area contributed by atoms with Gasteiger partial charge in [0.1, 0.15) is 0 Å². The van der Waals surface area contributed by atoms with Gasteiger partial charge in [-0.05, 0) is 49.1 Å². The fourth-order valence-corrected chi connectivity index (χ4v) is 2.22. The van der Waals surface area contributed by atoms with Gasteiger partial charge in [0.15, 0.2) is 0 Å². The first-order chi connectivity index (χ1) is 10.6. The zero-order valence-electron chi connectivity index (χ0n) is 12.5. The topological polar surface area (TPSA) is 66.4 Å². The first-order valence-corrected chi connectivity index (χ1v) is 7.24. The van der Waals surface area contributed by atoms with Crippen LogP contribution in [0.4, 0.5) is 5.69 Å². The van der Waals surface area contributed by atoms with Gasteiger partial charge in [-0.25, -0.2) is 0 Å². The van der Waals surface area contributed by atoms with Gasteiger partial charge in [0.25, 0.3) is 5.91 Å². The van der Waals surface area contributed by atoms with Crippen molar-refractivity contribution in [1.29, 1.82) is 0 Å². The van der Waals surface area contributed by atoms with E-state index >= 15 is 0 Å². The Hall–Kier alpha value is -2.62. The number of amides is 1. The molecule has 0 aliphatic carbocycles. The Morgan fingerprint density at radius 3 is 2.36 bits per heavy atom. The number of carboxylic acid groups (broad SMARTS) is 1. The summed E-state index contributed by atoms with van der Waals surface area (Å²) in [5, 5.41) is 11.5. The van der Waals surface area contributed by atoms with Crippen LogP contribution in [0.2, 0.25) is 0 Å². The lowest BCUT2D eigenvalue weighted by Crippen LogP contribution is -2.13. The van der Waals surface area contributed by atoms with Gasteiger partial charge in [-0.2, -0.15) is 0 Å². The summed E-state index contributed by atoms with van der Waals surface area (Å²) >= 11 is 0. The van der Waals surface area contributed by atoms with Gasteiger partial charge in [0, 0.05) is 17.7 Å². The van der Waals surface area contributed by atoms with E-state index in [-0.39, 0.29) is 12.3 Å². The molecule has 0 atom stereocenters. The zero-order chi connectivity index (χ0) is 15.9. The fourth-order valence-electron chi connectivity index (χ4n) is 2.22. The van der Waals surface area contributed by atoms with Crippen LogP contribution in [0.5, 0.6) is 0 Å². The number of benzene rings is 2. The van der Waals surface area contributed by atoms with Crippen LogP contribution in [-0.4, -0.2) is 17.0 Å². The Morgan fingerprint density at radius 1 is 1.05 bits per heavy atom. The van der Waals surface area contributed by atoms with E-state index in [4.69, 9.17) is 5.11 Å². The zero-order valence-corrected chi connectivity index (χ0v) is 12.5. The standard InChI is InChI=1S/C18H19NO3/c1-13-5-2-3-7-16(13)18(22)19-15-11-9-14(10-12-15)6-4-8-17(20)21/h2-3,5,7,9-12H,4,6,8H2,1H3,(H,19,22)(H,20,21). The Labute approximate surface area is 129 Å². The van der Waals surface area contributed by atoms with Crippen LogP contribution in [0.3, 0.4) is 0 Å². The van der Waals surface area contributed by atoms with E-state index in [0.29, 0.717) is 12.0 Å². The molecule has 0 bridgehead atoms. The molecule has 4 heteroatoms. The third-order valence-corrected chi connectivity index (χ3v) is 3.46. The van der Waals surface area contributed by atoms with Gasteiger partial charge in [0.05, 0.1) is 0 Å². The van der Waals surface area contributed by atoms with Gasteiger partial charge in [-0.15, -0.1) is 0 Å². The summed E-state index contributed by atoms with van der Waals surface area (Å²) in [6.45, 7) is 1.90. The number of carboxylic acids is 1. The molecule has 0 radical (unpaired) electrons. The van der Waals surface area contributed by atoms with Gasteiger partial charge < -0.3 is 10.4 Å². The fraction of sp³-hybridized carbons (Fsp3) is 0.222. The first kappa shape index (κ1) is 15.8. The second-order valence-corrected chi connectivity index (χ2v) is 5.21. The Morgan fingerprint density at radius 2 is 1.73 bits per heavy atom. The van der Waals surface area contributed by atoms with Crippen molar-refractivity contribution >= 4 is 17.6 Å². The minimum absolute atomic E-state index is 0.128. The molecule has 2 aromatic rings. The molecule has 1 amide bonds. The molecule has 0 unspecified atom stereocenters. The lowest BCUT2D eigenvalue weighted by atomic mass is 10.1. The van der Waals surface area contributed by atoms with Crippen LogP contribution < -0.4 is 5.32 Å². The molecule has 22 heavy (non-hydrogen) atoms. The number of carbonyl (C=O) groups excluding carboxylic acids is 1. The summed E-state index contributed by atoms with van der Waals surface area (Å²) in [6, 6.07) is 14.9. The highest BCUT2D eigenvalue weighted by molar-refractivity contribution is 6.05. The molecule has 0 spiro atoms. The van der Waals surface area contributed by atoms with Crippen LogP contribution in [-0.2, 0) is 11.2 Å². The van der Waals surface area contributed by atoms with Crippen molar-refractivity contribution in [1.82, 2.24) is 0 Å². The molecule has 0 aromatic heterocycles. The minimum atomic E-state index is -0.776. The van der Waals surface area contributed by atoms with Crippen molar-refractivity contribution in [3.8, 4) is 0 Å². The van der Waals surface area contributed by atoms with Crippen molar-refractivity contribution in [3.63, 3.8) is 0 Å². The van der Waals surface area contributed by atoms with E-state index in [9.17, 15) is 9.59 Å². The normalized spacial score (nSPS) is 10.2. The Balaban J connectivity index is 1.95. The highest BCUT2D eigenvalue weighted by Crippen LogP contribution is 2.14. The van der Waals surface area contributed by atoms with Gasteiger partial charge >= 0.3 is 5.97 Å². The number of anilines is 1. The van der Waals surface area contributed by atoms with Crippen molar-refractivity contribution in [2.75, 3.05) is 5.32 Å². The SMILES string of the molecule is Cc1ccccc1C(=O)Nc1ccc(CCCC(=O)O)cc1. The van der Waals surface area contributed by atoms with E-state index < -0.39 is 5.97 Å². The quantitative estimate of drug-likeness (QED) is 0.855. The van der Waals surface area contributed by atoms with Crippen LogP contribution in [0.15, 0.2) is 48.5 Å². The maximum Gasteiger partial charge on any atom is 0.303 e. The summed E-state index contributed by atoms with van der Waals surface area (Å²) in [4.78, 5) is 22.7. The number of nitrogens with one attached hydrogen (secondary N) is 1. The van der Waals surface area contributed by atoms with Crippen molar-refractivity contribution in [3.05, 3.63) is 65.2 Å². The van der Waals surface area contributed by atoms with Crippen LogP contribution in [0, 0.1) is 6.92 Å². The number of hydrogen-bond donors (Lipinski definition) is 2. The summed E-state index contributed by atoms with van der Waals surface area (Å²) in [7, 11) is 0. The van der Waals surface area contributed by atoms with Crippen LogP contribution in [0.1, 0.15) is 34.3 Å². The smallest absolute Gasteiger partial charge is 0.303 e. The van der Waals surface area contributed by atoms with Crippen molar-refractivity contribution in [2.24, 2.45) is 0 Å². The van der Waals surface area contributed by atoms with E-state index in [1.54, 1.807) is 6.07 Å². The molecule has 2 rings (SSSR count).